The molecule has 2 aromatic carbocycles. The van der Waals surface area contributed by atoms with Gasteiger partial charge in [-0.1, -0.05) is 6.07 Å². The predicted molar refractivity (Wildman–Crippen MR) is 103 cm³/mol. The smallest absolute Gasteiger partial charge is 0.291 e. The molecule has 0 fully saturated rings. The molecule has 7 nitrogen and oxygen atoms in total. The van der Waals surface area contributed by atoms with Gasteiger partial charge in [-0.05, 0) is 61.5 Å². The number of furan rings is 1. The van der Waals surface area contributed by atoms with Crippen LogP contribution in [-0.4, -0.2) is 17.9 Å². The van der Waals surface area contributed by atoms with Crippen LogP contribution in [0.3, 0.4) is 0 Å². The van der Waals surface area contributed by atoms with Crippen molar-refractivity contribution in [3.05, 3.63) is 78.3 Å². The molecule has 3 aromatic rings. The number of amides is 2. The Balaban J connectivity index is 1.56. The van der Waals surface area contributed by atoms with Gasteiger partial charge < -0.3 is 19.8 Å². The Kier molecular flexibility index (Phi) is 5.72. The third kappa shape index (κ3) is 4.77. The van der Waals surface area contributed by atoms with E-state index in [-0.39, 0.29) is 17.6 Å². The molecule has 2 amide bonds. The van der Waals surface area contributed by atoms with Crippen molar-refractivity contribution in [2.75, 3.05) is 10.6 Å². The van der Waals surface area contributed by atoms with E-state index in [1.807, 2.05) is 6.07 Å². The van der Waals surface area contributed by atoms with E-state index in [4.69, 9.17) is 14.4 Å². The highest BCUT2D eigenvalue weighted by atomic mass is 16.5. The number of carbonyl (C=O) groups is 2. The summed E-state index contributed by atoms with van der Waals surface area (Å²) in [5, 5.41) is 14.3. The van der Waals surface area contributed by atoms with Crippen molar-refractivity contribution in [1.82, 2.24) is 0 Å². The van der Waals surface area contributed by atoms with Crippen molar-refractivity contribution in [3.8, 4) is 11.8 Å². The molecule has 0 radical (unpaired) electrons. The number of nitriles is 1. The van der Waals surface area contributed by atoms with E-state index in [0.29, 0.717) is 22.7 Å². The van der Waals surface area contributed by atoms with E-state index >= 15 is 0 Å². The summed E-state index contributed by atoms with van der Waals surface area (Å²) >= 11 is 0. The topological polar surface area (TPSA) is 104 Å². The average Bonchev–Trinajstić information content (AvgIpc) is 3.24. The minimum absolute atomic E-state index is 0.214. The fourth-order valence-electron chi connectivity index (χ4n) is 2.39. The van der Waals surface area contributed by atoms with Gasteiger partial charge in [-0.15, -0.1) is 0 Å². The van der Waals surface area contributed by atoms with Gasteiger partial charge in [0.1, 0.15) is 5.75 Å². The van der Waals surface area contributed by atoms with Gasteiger partial charge in [-0.3, -0.25) is 9.59 Å². The van der Waals surface area contributed by atoms with Gasteiger partial charge in [0.2, 0.25) is 0 Å². The molecule has 1 atom stereocenters. The molecule has 2 N–H and O–H groups in total. The predicted octanol–water partition coefficient (Wildman–Crippen LogP) is 3.81. The first-order valence-electron chi connectivity index (χ1n) is 8.48. The van der Waals surface area contributed by atoms with Crippen LogP contribution in [-0.2, 0) is 4.79 Å². The lowest BCUT2D eigenvalue weighted by atomic mass is 10.2. The zero-order valence-corrected chi connectivity index (χ0v) is 15.0. The van der Waals surface area contributed by atoms with Gasteiger partial charge in [-0.25, -0.2) is 0 Å². The van der Waals surface area contributed by atoms with Crippen molar-refractivity contribution in [2.24, 2.45) is 0 Å². The summed E-state index contributed by atoms with van der Waals surface area (Å²) in [6.07, 6.45) is 0.670. The third-order valence-electron chi connectivity index (χ3n) is 3.80. The van der Waals surface area contributed by atoms with Crippen molar-refractivity contribution in [3.63, 3.8) is 0 Å². The van der Waals surface area contributed by atoms with Crippen molar-refractivity contribution in [1.29, 1.82) is 5.26 Å². The molecule has 0 unspecified atom stereocenters. The van der Waals surface area contributed by atoms with Crippen LogP contribution in [0.4, 0.5) is 11.4 Å². The quantitative estimate of drug-likeness (QED) is 0.682. The molecule has 3 rings (SSSR count). The maximum absolute atomic E-state index is 12.3. The molecule has 140 valence electrons. The Morgan fingerprint density at radius 1 is 1.04 bits per heavy atom. The molecule has 1 heterocycles. The molecule has 0 bridgehead atoms. The maximum atomic E-state index is 12.3. The van der Waals surface area contributed by atoms with Gasteiger partial charge in [0.15, 0.2) is 11.9 Å². The van der Waals surface area contributed by atoms with E-state index < -0.39 is 6.10 Å². The van der Waals surface area contributed by atoms with E-state index in [0.717, 1.165) is 0 Å². The summed E-state index contributed by atoms with van der Waals surface area (Å²) in [6.45, 7) is 1.62. The van der Waals surface area contributed by atoms with Crippen LogP contribution in [0.2, 0.25) is 0 Å². The van der Waals surface area contributed by atoms with Crippen LogP contribution in [0.5, 0.6) is 5.75 Å². The molecular formula is C21H17N3O4. The summed E-state index contributed by atoms with van der Waals surface area (Å²) in [5.74, 6) is -0.00758. The molecular weight excluding hydrogens is 358 g/mol. The van der Waals surface area contributed by atoms with E-state index in [9.17, 15) is 9.59 Å². The largest absolute Gasteiger partial charge is 0.481 e. The van der Waals surface area contributed by atoms with Gasteiger partial charge >= 0.3 is 0 Å². The van der Waals surface area contributed by atoms with Gasteiger partial charge in [0, 0.05) is 11.4 Å². The van der Waals surface area contributed by atoms with Gasteiger partial charge in [0.05, 0.1) is 17.9 Å². The van der Waals surface area contributed by atoms with E-state index in [1.165, 1.54) is 6.26 Å². The Bertz CT molecular complexity index is 1000. The first kappa shape index (κ1) is 18.7. The summed E-state index contributed by atoms with van der Waals surface area (Å²) in [7, 11) is 0. The first-order chi connectivity index (χ1) is 13.5. The highest BCUT2D eigenvalue weighted by Gasteiger charge is 2.15. The number of nitrogens with zero attached hydrogens (tertiary/aromatic N) is 1. The van der Waals surface area contributed by atoms with Gasteiger partial charge in [0.25, 0.3) is 11.8 Å². The Hall–Kier alpha value is -4.05. The molecule has 0 aliphatic heterocycles. The highest BCUT2D eigenvalue weighted by molar-refractivity contribution is 6.02. The normalized spacial score (nSPS) is 11.1. The third-order valence-corrected chi connectivity index (χ3v) is 3.80. The lowest BCUT2D eigenvalue weighted by Gasteiger charge is -2.15. The zero-order chi connectivity index (χ0) is 19.9. The van der Waals surface area contributed by atoms with Crippen LogP contribution >= 0.6 is 0 Å². The fraction of sp³-hybridized carbons (Fsp3) is 0.0952. The number of nitrogens with one attached hydrogen (secondary N) is 2. The summed E-state index contributed by atoms with van der Waals surface area (Å²) in [5.41, 5.74) is 1.55. The zero-order valence-electron chi connectivity index (χ0n) is 15.0. The molecule has 7 heteroatoms. The maximum Gasteiger partial charge on any atom is 0.291 e. The monoisotopic (exact) mass is 375 g/mol. The van der Waals surface area contributed by atoms with Crippen molar-refractivity contribution in [2.45, 2.75) is 13.0 Å². The first-order valence-corrected chi connectivity index (χ1v) is 8.48. The summed E-state index contributed by atoms with van der Waals surface area (Å²) in [4.78, 5) is 24.2. The van der Waals surface area contributed by atoms with Crippen LogP contribution in [0.15, 0.2) is 71.3 Å². The molecule has 0 saturated heterocycles. The Morgan fingerprint density at radius 2 is 1.82 bits per heavy atom. The number of hydrogen-bond donors (Lipinski definition) is 2. The number of rotatable bonds is 6. The second-order valence-electron chi connectivity index (χ2n) is 5.90. The van der Waals surface area contributed by atoms with Gasteiger partial charge in [-0.2, -0.15) is 5.26 Å². The number of ether oxygens (including phenoxy) is 1. The average molecular weight is 375 g/mol. The highest BCUT2D eigenvalue weighted by Crippen LogP contribution is 2.18. The Labute approximate surface area is 161 Å². The van der Waals surface area contributed by atoms with E-state index in [1.54, 1.807) is 67.6 Å². The van der Waals surface area contributed by atoms with Crippen LogP contribution < -0.4 is 15.4 Å². The number of benzene rings is 2. The minimum atomic E-state index is -0.755. The second-order valence-corrected chi connectivity index (χ2v) is 5.90. The molecule has 0 spiro atoms. The Morgan fingerprint density at radius 3 is 2.50 bits per heavy atom. The lowest BCUT2D eigenvalue weighted by Crippen LogP contribution is -2.30. The second kappa shape index (κ2) is 8.56. The molecule has 28 heavy (non-hydrogen) atoms. The van der Waals surface area contributed by atoms with Crippen molar-refractivity contribution < 1.29 is 18.7 Å². The number of hydrogen-bond acceptors (Lipinski definition) is 5. The molecule has 0 saturated carbocycles. The summed E-state index contributed by atoms with van der Waals surface area (Å²) < 4.78 is 10.7. The van der Waals surface area contributed by atoms with Crippen LogP contribution in [0.25, 0.3) is 0 Å². The van der Waals surface area contributed by atoms with Crippen LogP contribution in [0.1, 0.15) is 23.0 Å². The minimum Gasteiger partial charge on any atom is -0.481 e. The van der Waals surface area contributed by atoms with Crippen molar-refractivity contribution >= 4 is 23.2 Å². The molecule has 1 aromatic heterocycles. The molecule has 0 aliphatic carbocycles. The SMILES string of the molecule is C[C@H](Oc1ccc(NC(=O)c2ccco2)cc1)C(=O)Nc1cccc(C#N)c1. The molecule has 0 aliphatic rings. The van der Waals surface area contributed by atoms with E-state index in [2.05, 4.69) is 10.6 Å². The van der Waals surface area contributed by atoms with Crippen LogP contribution in [0, 0.1) is 11.3 Å². The summed E-state index contributed by atoms with van der Waals surface area (Å²) in [6, 6.07) is 18.5. The standard InChI is InChI=1S/C21H17N3O4/c1-14(20(25)24-17-5-2-4-15(12-17)13-22)28-18-9-7-16(8-10-18)23-21(26)19-6-3-11-27-19/h2-12,14H,1H3,(H,23,26)(H,24,25)/t14-/m0/s1. The number of carbonyl (C=O) groups excluding carboxylic acids is 2. The number of anilines is 2. The lowest BCUT2D eigenvalue weighted by molar-refractivity contribution is -0.122. The fourth-order valence-corrected chi connectivity index (χ4v) is 2.39.